The molecular weight excluding hydrogens is 300 g/mol. The van der Waals surface area contributed by atoms with Gasteiger partial charge in [-0.2, -0.15) is 0 Å². The van der Waals surface area contributed by atoms with E-state index in [0.717, 1.165) is 11.8 Å². The minimum Gasteiger partial charge on any atom is -0.0654 e. The van der Waals surface area contributed by atoms with Crippen molar-refractivity contribution in [1.29, 1.82) is 0 Å². The van der Waals surface area contributed by atoms with Gasteiger partial charge in [0.25, 0.3) is 0 Å². The van der Waals surface area contributed by atoms with Crippen LogP contribution in [0.25, 0.3) is 0 Å². The Kier molecular flexibility index (Phi) is 20.3. The summed E-state index contributed by atoms with van der Waals surface area (Å²) in [5.74, 6) is 1.92. The van der Waals surface area contributed by atoms with Gasteiger partial charge in [0.15, 0.2) is 0 Å². The Balaban J connectivity index is 3.26. The molecule has 0 fully saturated rings. The zero-order chi connectivity index (χ0) is 18.6. The molecule has 0 aliphatic carbocycles. The van der Waals surface area contributed by atoms with Crippen molar-refractivity contribution in [3.05, 3.63) is 0 Å². The van der Waals surface area contributed by atoms with Gasteiger partial charge >= 0.3 is 0 Å². The number of rotatable bonds is 20. The first-order valence-corrected chi connectivity index (χ1v) is 12.2. The van der Waals surface area contributed by atoms with Gasteiger partial charge in [0.05, 0.1) is 0 Å². The van der Waals surface area contributed by atoms with Crippen LogP contribution in [0.1, 0.15) is 150 Å². The van der Waals surface area contributed by atoms with Crippen LogP contribution in [0.5, 0.6) is 0 Å². The molecule has 0 aromatic heterocycles. The molecule has 0 N–H and O–H groups in total. The van der Waals surface area contributed by atoms with E-state index in [0.29, 0.717) is 0 Å². The molecule has 0 bridgehead atoms. The molecular formula is C25H52. The Morgan fingerprint density at radius 2 is 0.640 bits per heavy atom. The molecule has 0 heterocycles. The fourth-order valence-corrected chi connectivity index (χ4v) is 4.00. The quantitative estimate of drug-likeness (QED) is 0.191. The standard InChI is InChI=1S/C25H52/c1-5-7-9-11-12-13-14-15-16-18-21-25(4)23-19-22-24(3)20-17-10-8-6-2/h24-25H,5-23H2,1-4H3. The van der Waals surface area contributed by atoms with E-state index in [1.807, 2.05) is 0 Å². The summed E-state index contributed by atoms with van der Waals surface area (Å²) >= 11 is 0. The summed E-state index contributed by atoms with van der Waals surface area (Å²) in [6.07, 6.45) is 27.7. The van der Waals surface area contributed by atoms with Gasteiger partial charge in [-0.15, -0.1) is 0 Å². The zero-order valence-corrected chi connectivity index (χ0v) is 18.6. The van der Waals surface area contributed by atoms with Crippen molar-refractivity contribution in [2.24, 2.45) is 11.8 Å². The third-order valence-corrected chi connectivity index (χ3v) is 5.99. The Labute approximate surface area is 161 Å². The lowest BCUT2D eigenvalue weighted by molar-refractivity contribution is 0.391. The van der Waals surface area contributed by atoms with E-state index < -0.39 is 0 Å². The third-order valence-electron chi connectivity index (χ3n) is 5.99. The van der Waals surface area contributed by atoms with E-state index in [4.69, 9.17) is 0 Å². The van der Waals surface area contributed by atoms with Crippen LogP contribution in [0.3, 0.4) is 0 Å². The van der Waals surface area contributed by atoms with Gasteiger partial charge in [-0.3, -0.25) is 0 Å². The second-order valence-electron chi connectivity index (χ2n) is 8.96. The molecule has 0 spiro atoms. The van der Waals surface area contributed by atoms with Gasteiger partial charge in [0, 0.05) is 0 Å². The Morgan fingerprint density at radius 3 is 1.04 bits per heavy atom. The van der Waals surface area contributed by atoms with Gasteiger partial charge < -0.3 is 0 Å². The molecule has 0 saturated carbocycles. The third kappa shape index (κ3) is 20.2. The highest BCUT2D eigenvalue weighted by atomic mass is 14.1. The van der Waals surface area contributed by atoms with E-state index >= 15 is 0 Å². The van der Waals surface area contributed by atoms with Crippen LogP contribution in [0.15, 0.2) is 0 Å². The smallest absolute Gasteiger partial charge is 0.0443 e. The topological polar surface area (TPSA) is 0 Å². The monoisotopic (exact) mass is 352 g/mol. The fraction of sp³-hybridized carbons (Fsp3) is 1.00. The first kappa shape index (κ1) is 25.0. The summed E-state index contributed by atoms with van der Waals surface area (Å²) in [6.45, 7) is 9.56. The van der Waals surface area contributed by atoms with Gasteiger partial charge in [-0.1, -0.05) is 150 Å². The predicted octanol–water partition coefficient (Wildman–Crippen LogP) is 9.71. The summed E-state index contributed by atoms with van der Waals surface area (Å²) in [5.41, 5.74) is 0. The molecule has 0 radical (unpaired) electrons. The number of hydrogen-bond donors (Lipinski definition) is 0. The van der Waals surface area contributed by atoms with E-state index in [1.165, 1.54) is 122 Å². The van der Waals surface area contributed by atoms with Crippen molar-refractivity contribution < 1.29 is 0 Å². The molecule has 0 heteroatoms. The highest BCUT2D eigenvalue weighted by Crippen LogP contribution is 2.21. The van der Waals surface area contributed by atoms with Crippen LogP contribution < -0.4 is 0 Å². The minimum atomic E-state index is 0.960. The Bertz CT molecular complexity index is 232. The first-order chi connectivity index (χ1) is 12.2. The van der Waals surface area contributed by atoms with E-state index in [9.17, 15) is 0 Å². The van der Waals surface area contributed by atoms with Crippen molar-refractivity contribution in [2.75, 3.05) is 0 Å². The highest BCUT2D eigenvalue weighted by molar-refractivity contribution is 4.59. The van der Waals surface area contributed by atoms with Crippen LogP contribution in [0.2, 0.25) is 0 Å². The largest absolute Gasteiger partial charge is 0.0654 e. The molecule has 25 heavy (non-hydrogen) atoms. The Hall–Kier alpha value is 0. The van der Waals surface area contributed by atoms with Gasteiger partial charge in [0.1, 0.15) is 0 Å². The van der Waals surface area contributed by atoms with Crippen LogP contribution in [-0.2, 0) is 0 Å². The maximum Gasteiger partial charge on any atom is -0.0443 e. The zero-order valence-electron chi connectivity index (χ0n) is 18.6. The molecule has 2 atom stereocenters. The molecule has 152 valence electrons. The van der Waals surface area contributed by atoms with Crippen molar-refractivity contribution in [3.8, 4) is 0 Å². The molecule has 0 amide bonds. The number of hydrogen-bond acceptors (Lipinski definition) is 0. The normalized spacial score (nSPS) is 13.9. The molecule has 0 aliphatic heterocycles. The lowest BCUT2D eigenvalue weighted by atomic mass is 9.92. The van der Waals surface area contributed by atoms with Crippen molar-refractivity contribution in [3.63, 3.8) is 0 Å². The van der Waals surface area contributed by atoms with Crippen LogP contribution in [0, 0.1) is 11.8 Å². The summed E-state index contributed by atoms with van der Waals surface area (Å²) in [4.78, 5) is 0. The fourth-order valence-electron chi connectivity index (χ4n) is 4.00. The summed E-state index contributed by atoms with van der Waals surface area (Å²) < 4.78 is 0. The van der Waals surface area contributed by atoms with Crippen LogP contribution in [0.4, 0.5) is 0 Å². The second-order valence-corrected chi connectivity index (χ2v) is 8.96. The minimum absolute atomic E-state index is 0.960. The van der Waals surface area contributed by atoms with Crippen molar-refractivity contribution in [2.45, 2.75) is 150 Å². The van der Waals surface area contributed by atoms with E-state index in [-0.39, 0.29) is 0 Å². The SMILES string of the molecule is CCCCCCCCCCCCC(C)CCCC(C)CCCCCC. The van der Waals surface area contributed by atoms with Crippen molar-refractivity contribution >= 4 is 0 Å². The molecule has 0 saturated heterocycles. The molecule has 0 aliphatic rings. The van der Waals surface area contributed by atoms with Crippen LogP contribution >= 0.6 is 0 Å². The van der Waals surface area contributed by atoms with Gasteiger partial charge in [0.2, 0.25) is 0 Å². The molecule has 0 aromatic carbocycles. The maximum absolute atomic E-state index is 2.49. The predicted molar refractivity (Wildman–Crippen MR) is 117 cm³/mol. The molecule has 0 rings (SSSR count). The molecule has 0 aromatic rings. The maximum atomic E-state index is 2.49. The lowest BCUT2D eigenvalue weighted by Gasteiger charge is -2.14. The number of unbranched alkanes of at least 4 members (excludes halogenated alkanes) is 12. The Morgan fingerprint density at radius 1 is 0.360 bits per heavy atom. The second kappa shape index (κ2) is 20.3. The lowest BCUT2D eigenvalue weighted by Crippen LogP contribution is -1.99. The summed E-state index contributed by atoms with van der Waals surface area (Å²) in [5, 5.41) is 0. The first-order valence-electron chi connectivity index (χ1n) is 12.2. The van der Waals surface area contributed by atoms with E-state index in [2.05, 4.69) is 27.7 Å². The van der Waals surface area contributed by atoms with E-state index in [1.54, 1.807) is 0 Å². The molecule has 0 nitrogen and oxygen atoms in total. The summed E-state index contributed by atoms with van der Waals surface area (Å²) in [6, 6.07) is 0. The summed E-state index contributed by atoms with van der Waals surface area (Å²) in [7, 11) is 0. The van der Waals surface area contributed by atoms with Crippen LogP contribution in [-0.4, -0.2) is 0 Å². The highest BCUT2D eigenvalue weighted by Gasteiger charge is 2.05. The molecule has 2 unspecified atom stereocenters. The van der Waals surface area contributed by atoms with Gasteiger partial charge in [-0.25, -0.2) is 0 Å². The van der Waals surface area contributed by atoms with Crippen molar-refractivity contribution in [1.82, 2.24) is 0 Å². The average molecular weight is 353 g/mol. The van der Waals surface area contributed by atoms with Gasteiger partial charge in [-0.05, 0) is 11.8 Å². The average Bonchev–Trinajstić information content (AvgIpc) is 2.60.